The molecule has 3 aromatic rings. The summed E-state index contributed by atoms with van der Waals surface area (Å²) in [7, 11) is 0. The molecule has 6 heteroatoms. The summed E-state index contributed by atoms with van der Waals surface area (Å²) in [6.45, 7) is 5.12. The van der Waals surface area contributed by atoms with Crippen molar-refractivity contribution in [1.29, 1.82) is 0 Å². The lowest BCUT2D eigenvalue weighted by Gasteiger charge is -2.07. The van der Waals surface area contributed by atoms with Gasteiger partial charge in [0.1, 0.15) is 23.0 Å². The smallest absolute Gasteiger partial charge is 0.160 e. The Morgan fingerprint density at radius 2 is 1.77 bits per heavy atom. The zero-order valence-electron chi connectivity index (χ0n) is 12.9. The van der Waals surface area contributed by atoms with Crippen LogP contribution in [0.25, 0.3) is 22.4 Å². The van der Waals surface area contributed by atoms with Gasteiger partial charge in [0, 0.05) is 12.1 Å². The summed E-state index contributed by atoms with van der Waals surface area (Å²) in [4.78, 5) is 13.3. The van der Waals surface area contributed by atoms with Crippen molar-refractivity contribution in [1.82, 2.24) is 19.5 Å². The van der Waals surface area contributed by atoms with E-state index in [9.17, 15) is 0 Å². The van der Waals surface area contributed by atoms with Gasteiger partial charge in [0.2, 0.25) is 0 Å². The normalized spacial score (nSPS) is 11.2. The number of unbranched alkanes of at least 4 members (excludes halogenated alkanes) is 1. The number of fused-ring (bicyclic) bond motifs is 1. The fourth-order valence-electron chi connectivity index (χ4n) is 2.58. The molecule has 114 valence electrons. The molecule has 0 saturated carbocycles. The molecule has 0 aliphatic carbocycles. The van der Waals surface area contributed by atoms with Gasteiger partial charge in [-0.05, 0) is 37.6 Å². The Labute approximate surface area is 129 Å². The van der Waals surface area contributed by atoms with Crippen LogP contribution in [-0.2, 0) is 6.54 Å². The Kier molecular flexibility index (Phi) is 3.66. The van der Waals surface area contributed by atoms with Gasteiger partial charge in [-0.1, -0.05) is 13.3 Å². The second kappa shape index (κ2) is 5.63. The Morgan fingerprint density at radius 1 is 1.05 bits per heavy atom. The number of aryl methyl sites for hydroxylation is 2. The van der Waals surface area contributed by atoms with Crippen LogP contribution < -0.4 is 11.5 Å². The lowest BCUT2D eigenvalue weighted by Crippen LogP contribution is -2.02. The largest absolute Gasteiger partial charge is 0.384 e. The molecule has 0 fully saturated rings. The summed E-state index contributed by atoms with van der Waals surface area (Å²) < 4.78 is 2.16. The first-order valence-corrected chi connectivity index (χ1v) is 7.45. The van der Waals surface area contributed by atoms with E-state index in [1.54, 1.807) is 12.1 Å². The molecule has 3 aromatic heterocycles. The number of nitrogen functional groups attached to an aromatic ring is 2. The molecule has 22 heavy (non-hydrogen) atoms. The van der Waals surface area contributed by atoms with Crippen molar-refractivity contribution in [3.63, 3.8) is 0 Å². The second-order valence-electron chi connectivity index (χ2n) is 5.41. The van der Waals surface area contributed by atoms with Gasteiger partial charge in [0.15, 0.2) is 5.65 Å². The third-order valence-electron chi connectivity index (χ3n) is 3.68. The van der Waals surface area contributed by atoms with Crippen LogP contribution in [0.3, 0.4) is 0 Å². The van der Waals surface area contributed by atoms with Crippen molar-refractivity contribution < 1.29 is 0 Å². The number of imidazole rings is 1. The molecule has 3 rings (SSSR count). The summed E-state index contributed by atoms with van der Waals surface area (Å²) in [5.41, 5.74) is 15.0. The van der Waals surface area contributed by atoms with E-state index >= 15 is 0 Å². The maximum atomic E-state index is 5.77. The van der Waals surface area contributed by atoms with Gasteiger partial charge in [-0.15, -0.1) is 0 Å². The number of anilines is 2. The molecule has 3 heterocycles. The number of hydrogen-bond acceptors (Lipinski definition) is 5. The minimum Gasteiger partial charge on any atom is -0.384 e. The van der Waals surface area contributed by atoms with E-state index < -0.39 is 0 Å². The van der Waals surface area contributed by atoms with Crippen molar-refractivity contribution in [2.24, 2.45) is 0 Å². The highest BCUT2D eigenvalue weighted by Gasteiger charge is 2.11. The van der Waals surface area contributed by atoms with E-state index in [0.29, 0.717) is 11.6 Å². The number of nitrogens with zero attached hydrogens (tertiary/aromatic N) is 4. The van der Waals surface area contributed by atoms with E-state index in [-0.39, 0.29) is 0 Å². The zero-order chi connectivity index (χ0) is 15.7. The minimum absolute atomic E-state index is 0.396. The van der Waals surface area contributed by atoms with Crippen LogP contribution in [-0.4, -0.2) is 19.5 Å². The third-order valence-corrected chi connectivity index (χ3v) is 3.68. The molecule has 0 aliphatic rings. The maximum Gasteiger partial charge on any atom is 0.160 e. The maximum absolute atomic E-state index is 5.77. The van der Waals surface area contributed by atoms with E-state index in [2.05, 4.69) is 21.5 Å². The molecule has 0 saturated heterocycles. The molecule has 0 aromatic carbocycles. The van der Waals surface area contributed by atoms with Gasteiger partial charge >= 0.3 is 0 Å². The molecular formula is C16H20N6. The average molecular weight is 296 g/mol. The summed E-state index contributed by atoms with van der Waals surface area (Å²) in [5, 5.41) is 0. The highest BCUT2D eigenvalue weighted by molar-refractivity contribution is 5.77. The summed E-state index contributed by atoms with van der Waals surface area (Å²) in [6.07, 6.45) is 2.24. The predicted octanol–water partition coefficient (Wildman–Crippen LogP) is 2.77. The molecular weight excluding hydrogens is 276 g/mol. The molecule has 4 N–H and O–H groups in total. The number of hydrogen-bond donors (Lipinski definition) is 2. The molecule has 0 aliphatic heterocycles. The molecule has 0 amide bonds. The Bertz CT molecular complexity index is 801. The molecule has 0 bridgehead atoms. The quantitative estimate of drug-likeness (QED) is 0.771. The van der Waals surface area contributed by atoms with Crippen molar-refractivity contribution >= 4 is 22.8 Å². The molecule has 0 unspecified atom stereocenters. The van der Waals surface area contributed by atoms with Crippen molar-refractivity contribution in [2.45, 2.75) is 33.2 Å². The Hall–Kier alpha value is -2.63. The first kappa shape index (κ1) is 14.3. The third kappa shape index (κ3) is 2.59. The Balaban J connectivity index is 2.11. The second-order valence-corrected chi connectivity index (χ2v) is 5.41. The van der Waals surface area contributed by atoms with Crippen LogP contribution in [0.5, 0.6) is 0 Å². The summed E-state index contributed by atoms with van der Waals surface area (Å²) >= 11 is 0. The van der Waals surface area contributed by atoms with E-state index in [4.69, 9.17) is 16.5 Å². The topological polar surface area (TPSA) is 95.6 Å². The number of rotatable bonds is 4. The molecule has 0 atom stereocenters. The number of aromatic nitrogens is 4. The molecule has 6 nitrogen and oxygen atoms in total. The van der Waals surface area contributed by atoms with Crippen LogP contribution in [0.15, 0.2) is 24.3 Å². The van der Waals surface area contributed by atoms with Crippen molar-refractivity contribution in [2.75, 3.05) is 11.5 Å². The van der Waals surface area contributed by atoms with Gasteiger partial charge < -0.3 is 16.0 Å². The van der Waals surface area contributed by atoms with E-state index in [0.717, 1.165) is 47.6 Å². The van der Waals surface area contributed by atoms with Crippen LogP contribution in [0, 0.1) is 6.92 Å². The minimum atomic E-state index is 0.396. The summed E-state index contributed by atoms with van der Waals surface area (Å²) in [6, 6.07) is 7.49. The van der Waals surface area contributed by atoms with Crippen LogP contribution in [0.4, 0.5) is 11.6 Å². The van der Waals surface area contributed by atoms with Gasteiger partial charge in [0.05, 0.1) is 5.69 Å². The molecule has 0 spiro atoms. The van der Waals surface area contributed by atoms with Gasteiger partial charge in [-0.3, -0.25) is 0 Å². The zero-order valence-corrected chi connectivity index (χ0v) is 12.9. The van der Waals surface area contributed by atoms with Crippen LogP contribution in [0.1, 0.15) is 25.6 Å². The Morgan fingerprint density at radius 3 is 2.45 bits per heavy atom. The number of nitrogens with two attached hydrogens (primary N) is 2. The average Bonchev–Trinajstić information content (AvgIpc) is 2.78. The van der Waals surface area contributed by atoms with Gasteiger partial charge in [-0.2, -0.15) is 0 Å². The fourth-order valence-corrected chi connectivity index (χ4v) is 2.58. The summed E-state index contributed by atoms with van der Waals surface area (Å²) in [5.74, 6) is 1.78. The van der Waals surface area contributed by atoms with Gasteiger partial charge in [0.25, 0.3) is 0 Å². The first-order chi connectivity index (χ1) is 10.6. The van der Waals surface area contributed by atoms with Crippen LogP contribution >= 0.6 is 0 Å². The van der Waals surface area contributed by atoms with Crippen LogP contribution in [0.2, 0.25) is 0 Å². The monoisotopic (exact) mass is 296 g/mol. The van der Waals surface area contributed by atoms with E-state index in [1.807, 2.05) is 19.1 Å². The van der Waals surface area contributed by atoms with E-state index in [1.165, 1.54) is 0 Å². The lowest BCUT2D eigenvalue weighted by atomic mass is 10.1. The fraction of sp³-hybridized carbons (Fsp3) is 0.312. The number of pyridine rings is 2. The highest BCUT2D eigenvalue weighted by Crippen LogP contribution is 2.24. The lowest BCUT2D eigenvalue weighted by molar-refractivity contribution is 0.627. The standard InChI is InChI=1S/C16H20N6/c1-3-4-7-22-10(2)19-13-6-5-12(20-16(13)22)11-8-14(17)21-15(18)9-11/h5-6,8-9H,3-4,7H2,1-2H3,(H4,17,18,21). The van der Waals surface area contributed by atoms with Crippen molar-refractivity contribution in [3.8, 4) is 11.3 Å². The first-order valence-electron chi connectivity index (χ1n) is 7.45. The predicted molar refractivity (Wildman–Crippen MR) is 89.2 cm³/mol. The van der Waals surface area contributed by atoms with Gasteiger partial charge in [-0.25, -0.2) is 15.0 Å². The van der Waals surface area contributed by atoms with Crippen molar-refractivity contribution in [3.05, 3.63) is 30.1 Å². The SMILES string of the molecule is CCCCn1c(C)nc2ccc(-c3cc(N)nc(N)c3)nc21. The molecule has 0 radical (unpaired) electrons. The highest BCUT2D eigenvalue weighted by atomic mass is 15.1.